The van der Waals surface area contributed by atoms with Gasteiger partial charge in [0.25, 0.3) is 0 Å². The summed E-state index contributed by atoms with van der Waals surface area (Å²) < 4.78 is 0. The summed E-state index contributed by atoms with van der Waals surface area (Å²) in [7, 11) is 1.54. The van der Waals surface area contributed by atoms with E-state index in [4.69, 9.17) is 5.73 Å². The number of hydrogen-bond acceptors (Lipinski definition) is 4. The van der Waals surface area contributed by atoms with Crippen LogP contribution in [0.4, 0.5) is 0 Å². The van der Waals surface area contributed by atoms with E-state index in [2.05, 4.69) is 15.5 Å². The van der Waals surface area contributed by atoms with Crippen LogP contribution < -0.4 is 16.4 Å². The predicted octanol–water partition coefficient (Wildman–Crippen LogP) is -1.73. The molecule has 1 saturated heterocycles. The van der Waals surface area contributed by atoms with E-state index in [1.54, 1.807) is 7.05 Å². The average molecular weight is 228 g/mol. The molecule has 1 aliphatic rings. The standard InChI is InChI=1S/C10H20N4O2/c1-12-9(15)6-13-10(16)7-14-4-2-8(11)3-5-14/h8H,2-7,11H2,1H3,(H,12,15)(H,13,16). The molecule has 1 heterocycles. The maximum Gasteiger partial charge on any atom is 0.239 e. The van der Waals surface area contributed by atoms with E-state index < -0.39 is 0 Å². The van der Waals surface area contributed by atoms with Crippen LogP contribution in [0.1, 0.15) is 12.8 Å². The molecule has 6 nitrogen and oxygen atoms in total. The lowest BCUT2D eigenvalue weighted by Gasteiger charge is -2.29. The molecular weight excluding hydrogens is 208 g/mol. The summed E-state index contributed by atoms with van der Waals surface area (Å²) in [4.78, 5) is 24.4. The van der Waals surface area contributed by atoms with Gasteiger partial charge in [0.2, 0.25) is 11.8 Å². The van der Waals surface area contributed by atoms with Crippen LogP contribution in [-0.4, -0.2) is 56.0 Å². The number of likely N-dealkylation sites (tertiary alicyclic amines) is 1. The van der Waals surface area contributed by atoms with Gasteiger partial charge in [0.05, 0.1) is 13.1 Å². The van der Waals surface area contributed by atoms with Crippen LogP contribution in [0.25, 0.3) is 0 Å². The summed E-state index contributed by atoms with van der Waals surface area (Å²) in [5, 5.41) is 5.01. The molecule has 1 aliphatic heterocycles. The Kier molecular flexibility index (Phi) is 5.21. The van der Waals surface area contributed by atoms with Crippen molar-refractivity contribution < 1.29 is 9.59 Å². The number of nitrogens with one attached hydrogen (secondary N) is 2. The fourth-order valence-electron chi connectivity index (χ4n) is 1.64. The van der Waals surface area contributed by atoms with Crippen molar-refractivity contribution in [1.29, 1.82) is 0 Å². The van der Waals surface area contributed by atoms with Crippen LogP contribution in [0.15, 0.2) is 0 Å². The van der Waals surface area contributed by atoms with E-state index in [0.29, 0.717) is 6.54 Å². The smallest absolute Gasteiger partial charge is 0.239 e. The first-order chi connectivity index (χ1) is 7.61. The lowest BCUT2D eigenvalue weighted by molar-refractivity contribution is -0.126. The number of hydrogen-bond donors (Lipinski definition) is 3. The molecule has 16 heavy (non-hydrogen) atoms. The summed E-state index contributed by atoms with van der Waals surface area (Å²) >= 11 is 0. The summed E-state index contributed by atoms with van der Waals surface area (Å²) in [6, 6.07) is 0.269. The number of rotatable bonds is 4. The zero-order valence-corrected chi connectivity index (χ0v) is 9.66. The van der Waals surface area contributed by atoms with Crippen molar-refractivity contribution in [2.75, 3.05) is 33.2 Å². The van der Waals surface area contributed by atoms with Gasteiger partial charge in [-0.05, 0) is 12.8 Å². The average Bonchev–Trinajstić information content (AvgIpc) is 2.29. The second-order valence-electron chi connectivity index (χ2n) is 4.06. The molecule has 0 atom stereocenters. The van der Waals surface area contributed by atoms with Crippen molar-refractivity contribution in [3.63, 3.8) is 0 Å². The highest BCUT2D eigenvalue weighted by Gasteiger charge is 2.18. The third-order valence-electron chi connectivity index (χ3n) is 2.72. The minimum Gasteiger partial charge on any atom is -0.358 e. The highest BCUT2D eigenvalue weighted by molar-refractivity contribution is 5.85. The quantitative estimate of drug-likeness (QED) is 0.534. The van der Waals surface area contributed by atoms with Crippen LogP contribution in [0.2, 0.25) is 0 Å². The maximum absolute atomic E-state index is 11.4. The minimum absolute atomic E-state index is 0.0443. The van der Waals surface area contributed by atoms with Gasteiger partial charge in [-0.15, -0.1) is 0 Å². The van der Waals surface area contributed by atoms with Crippen molar-refractivity contribution in [2.45, 2.75) is 18.9 Å². The molecule has 0 saturated carbocycles. The largest absolute Gasteiger partial charge is 0.358 e. The van der Waals surface area contributed by atoms with E-state index in [-0.39, 0.29) is 24.4 Å². The molecule has 92 valence electrons. The van der Waals surface area contributed by atoms with Crippen molar-refractivity contribution in [2.24, 2.45) is 5.73 Å². The van der Waals surface area contributed by atoms with Crippen molar-refractivity contribution in [1.82, 2.24) is 15.5 Å². The van der Waals surface area contributed by atoms with Crippen molar-refractivity contribution in [3.05, 3.63) is 0 Å². The zero-order valence-electron chi connectivity index (χ0n) is 9.66. The molecule has 0 aromatic rings. The second kappa shape index (κ2) is 6.44. The Morgan fingerprint density at radius 1 is 1.31 bits per heavy atom. The highest BCUT2D eigenvalue weighted by Crippen LogP contribution is 2.06. The molecule has 0 aromatic carbocycles. The molecule has 0 spiro atoms. The molecule has 0 aromatic heterocycles. The van der Waals surface area contributed by atoms with Crippen molar-refractivity contribution >= 4 is 11.8 Å². The number of carbonyl (C=O) groups is 2. The fourth-order valence-corrected chi connectivity index (χ4v) is 1.64. The Labute approximate surface area is 95.5 Å². The van der Waals surface area contributed by atoms with Gasteiger partial charge in [0.1, 0.15) is 0 Å². The molecule has 4 N–H and O–H groups in total. The summed E-state index contributed by atoms with van der Waals surface area (Å²) in [6.45, 7) is 2.11. The normalized spacial score (nSPS) is 18.1. The van der Waals surface area contributed by atoms with Crippen LogP contribution in [0.5, 0.6) is 0 Å². The first-order valence-electron chi connectivity index (χ1n) is 5.57. The third kappa shape index (κ3) is 4.59. The minimum atomic E-state index is -0.186. The number of carbonyl (C=O) groups excluding carboxylic acids is 2. The summed E-state index contributed by atoms with van der Waals surface area (Å²) in [6.07, 6.45) is 1.87. The molecular formula is C10H20N4O2. The zero-order chi connectivity index (χ0) is 12.0. The third-order valence-corrected chi connectivity index (χ3v) is 2.72. The van der Waals surface area contributed by atoms with Crippen LogP contribution in [-0.2, 0) is 9.59 Å². The number of amides is 2. The van der Waals surface area contributed by atoms with Gasteiger partial charge in [-0.2, -0.15) is 0 Å². The monoisotopic (exact) mass is 228 g/mol. The maximum atomic E-state index is 11.4. The Morgan fingerprint density at radius 2 is 1.94 bits per heavy atom. The van der Waals surface area contributed by atoms with Gasteiger partial charge in [-0.1, -0.05) is 0 Å². The van der Waals surface area contributed by atoms with E-state index in [1.807, 2.05) is 0 Å². The first-order valence-corrected chi connectivity index (χ1v) is 5.57. The first kappa shape index (κ1) is 12.9. The predicted molar refractivity (Wildman–Crippen MR) is 60.7 cm³/mol. The van der Waals surface area contributed by atoms with E-state index in [1.165, 1.54) is 0 Å². The lowest BCUT2D eigenvalue weighted by atomic mass is 10.1. The highest BCUT2D eigenvalue weighted by atomic mass is 16.2. The SMILES string of the molecule is CNC(=O)CNC(=O)CN1CCC(N)CC1. The number of nitrogens with zero attached hydrogens (tertiary/aromatic N) is 1. The Bertz CT molecular complexity index is 249. The Morgan fingerprint density at radius 3 is 2.50 bits per heavy atom. The van der Waals surface area contributed by atoms with E-state index >= 15 is 0 Å². The second-order valence-corrected chi connectivity index (χ2v) is 4.06. The van der Waals surface area contributed by atoms with Gasteiger partial charge < -0.3 is 16.4 Å². The van der Waals surface area contributed by atoms with E-state index in [9.17, 15) is 9.59 Å². The molecule has 1 fully saturated rings. The number of nitrogens with two attached hydrogens (primary N) is 1. The molecule has 2 amide bonds. The Balaban J connectivity index is 2.16. The van der Waals surface area contributed by atoms with Crippen LogP contribution >= 0.6 is 0 Å². The molecule has 6 heteroatoms. The topological polar surface area (TPSA) is 87.5 Å². The van der Waals surface area contributed by atoms with Crippen LogP contribution in [0, 0.1) is 0 Å². The van der Waals surface area contributed by atoms with Crippen LogP contribution in [0.3, 0.4) is 0 Å². The summed E-state index contributed by atoms with van der Waals surface area (Å²) in [5.41, 5.74) is 5.76. The molecule has 0 bridgehead atoms. The lowest BCUT2D eigenvalue weighted by Crippen LogP contribution is -2.46. The molecule has 0 radical (unpaired) electrons. The molecule has 1 rings (SSSR count). The van der Waals surface area contributed by atoms with E-state index in [0.717, 1.165) is 25.9 Å². The summed E-state index contributed by atoms with van der Waals surface area (Å²) in [5.74, 6) is -0.298. The molecule has 0 unspecified atom stereocenters. The van der Waals surface area contributed by atoms with Gasteiger partial charge in [0, 0.05) is 26.2 Å². The van der Waals surface area contributed by atoms with Gasteiger partial charge in [-0.25, -0.2) is 0 Å². The number of likely N-dealkylation sites (N-methyl/N-ethyl adjacent to an activating group) is 1. The Hall–Kier alpha value is -1.14. The van der Waals surface area contributed by atoms with Gasteiger partial charge >= 0.3 is 0 Å². The number of piperidine rings is 1. The van der Waals surface area contributed by atoms with Gasteiger partial charge in [-0.3, -0.25) is 14.5 Å². The van der Waals surface area contributed by atoms with Gasteiger partial charge in [0.15, 0.2) is 0 Å². The fraction of sp³-hybridized carbons (Fsp3) is 0.800. The van der Waals surface area contributed by atoms with Crippen molar-refractivity contribution in [3.8, 4) is 0 Å². The molecule has 0 aliphatic carbocycles.